The summed E-state index contributed by atoms with van der Waals surface area (Å²) in [4.78, 5) is 16.9. The summed E-state index contributed by atoms with van der Waals surface area (Å²) < 4.78 is 33.6. The van der Waals surface area contributed by atoms with Crippen LogP contribution in [-0.4, -0.2) is 23.4 Å². The summed E-state index contributed by atoms with van der Waals surface area (Å²) in [7, 11) is 0. The second-order valence-corrected chi connectivity index (χ2v) is 7.98. The van der Waals surface area contributed by atoms with Crippen LogP contribution >= 0.6 is 11.3 Å². The molecule has 0 fully saturated rings. The first kappa shape index (κ1) is 20.8. The molecule has 164 valence electrons. The van der Waals surface area contributed by atoms with E-state index in [0.717, 1.165) is 11.3 Å². The summed E-state index contributed by atoms with van der Waals surface area (Å²) >= 11 is 1.36. The van der Waals surface area contributed by atoms with E-state index >= 15 is 0 Å². The Kier molecular flexibility index (Phi) is 5.54. The lowest BCUT2D eigenvalue weighted by Crippen LogP contribution is -2.25. The number of fused-ring (bicyclic) bond motifs is 1. The van der Waals surface area contributed by atoms with E-state index in [-0.39, 0.29) is 24.1 Å². The largest absolute Gasteiger partial charge is 0.482 e. The van der Waals surface area contributed by atoms with Crippen molar-refractivity contribution in [1.82, 2.24) is 4.68 Å². The maximum atomic E-state index is 13.3. The molecule has 5 rings (SSSR count). The molecule has 1 aliphatic heterocycles. The molecular formula is C24H16F2N4O2S. The molecule has 0 saturated carbocycles. The number of thiazole rings is 1. The van der Waals surface area contributed by atoms with Crippen LogP contribution in [0.1, 0.15) is 5.56 Å². The molecule has 0 aliphatic carbocycles. The Morgan fingerprint density at radius 3 is 2.48 bits per heavy atom. The summed E-state index contributed by atoms with van der Waals surface area (Å²) in [5, 5.41) is 9.26. The standard InChI is InChI=1S/C24H16F2N4O2S/c25-17-4-1-15(2-5-17)12-27-30-21(14-33-24(30)28-19-8-6-18(26)7-9-19)16-3-10-22-20(11-16)29-23(31)13-32-22/h1-12,14H,13H2,(H,29,31). The SMILES string of the molecule is O=C1COc2ccc(-c3csc(=Nc4ccc(F)cc4)n3N=Cc3ccc(F)cc3)cc2N1. The summed E-state index contributed by atoms with van der Waals surface area (Å²) in [6.45, 7) is -0.0204. The Hall–Kier alpha value is -4.11. The lowest BCUT2D eigenvalue weighted by atomic mass is 10.1. The number of carbonyl (C=O) groups excluding carboxylic acids is 1. The van der Waals surface area contributed by atoms with Gasteiger partial charge in [0.1, 0.15) is 17.4 Å². The molecule has 1 aromatic heterocycles. The maximum Gasteiger partial charge on any atom is 0.262 e. The van der Waals surface area contributed by atoms with Gasteiger partial charge in [0.2, 0.25) is 4.80 Å². The zero-order valence-corrected chi connectivity index (χ0v) is 17.9. The van der Waals surface area contributed by atoms with Gasteiger partial charge in [-0.15, -0.1) is 11.3 Å². The summed E-state index contributed by atoms with van der Waals surface area (Å²) in [5.74, 6) is -0.312. The third-order valence-corrected chi connectivity index (χ3v) is 5.65. The van der Waals surface area contributed by atoms with Gasteiger partial charge in [0.15, 0.2) is 6.61 Å². The number of nitrogens with zero attached hydrogens (tertiary/aromatic N) is 3. The maximum absolute atomic E-state index is 13.3. The van der Waals surface area contributed by atoms with Crippen LogP contribution in [0.4, 0.5) is 20.2 Å². The van der Waals surface area contributed by atoms with Gasteiger partial charge in [0.25, 0.3) is 5.91 Å². The topological polar surface area (TPSA) is 68.0 Å². The highest BCUT2D eigenvalue weighted by Crippen LogP contribution is 2.33. The minimum Gasteiger partial charge on any atom is -0.482 e. The number of aromatic nitrogens is 1. The van der Waals surface area contributed by atoms with E-state index in [2.05, 4.69) is 15.4 Å². The molecule has 4 aromatic rings. The third-order valence-electron chi connectivity index (χ3n) is 4.84. The fourth-order valence-corrected chi connectivity index (χ4v) is 4.09. The van der Waals surface area contributed by atoms with Crippen LogP contribution in [0.25, 0.3) is 11.3 Å². The molecule has 0 atom stereocenters. The zero-order valence-electron chi connectivity index (χ0n) is 17.0. The van der Waals surface area contributed by atoms with E-state index in [1.807, 2.05) is 11.4 Å². The molecule has 0 saturated heterocycles. The van der Waals surface area contributed by atoms with Gasteiger partial charge in [0.05, 0.1) is 23.3 Å². The fourth-order valence-electron chi connectivity index (χ4n) is 3.23. The number of anilines is 1. The second kappa shape index (κ2) is 8.79. The van der Waals surface area contributed by atoms with E-state index < -0.39 is 0 Å². The molecule has 6 nitrogen and oxygen atoms in total. The van der Waals surface area contributed by atoms with Crippen LogP contribution in [0.5, 0.6) is 5.75 Å². The van der Waals surface area contributed by atoms with Crippen molar-refractivity contribution >= 4 is 34.8 Å². The Balaban J connectivity index is 1.61. The average molecular weight is 462 g/mol. The predicted molar refractivity (Wildman–Crippen MR) is 123 cm³/mol. The fraction of sp³-hybridized carbons (Fsp3) is 0.0417. The monoisotopic (exact) mass is 462 g/mol. The highest BCUT2D eigenvalue weighted by atomic mass is 32.1. The highest BCUT2D eigenvalue weighted by molar-refractivity contribution is 7.07. The van der Waals surface area contributed by atoms with E-state index in [9.17, 15) is 13.6 Å². The summed E-state index contributed by atoms with van der Waals surface area (Å²) in [6.07, 6.45) is 1.60. The van der Waals surface area contributed by atoms with Crippen molar-refractivity contribution in [3.05, 3.63) is 94.1 Å². The van der Waals surface area contributed by atoms with Gasteiger partial charge >= 0.3 is 0 Å². The Labute approximate surface area is 191 Å². The summed E-state index contributed by atoms with van der Waals surface area (Å²) in [5.41, 5.74) is 3.36. The van der Waals surface area contributed by atoms with Crippen molar-refractivity contribution in [3.63, 3.8) is 0 Å². The molecule has 2 heterocycles. The number of benzene rings is 3. The number of rotatable bonds is 4. The van der Waals surface area contributed by atoms with Crippen LogP contribution in [-0.2, 0) is 4.79 Å². The number of hydrogen-bond acceptors (Lipinski definition) is 5. The van der Waals surface area contributed by atoms with E-state index in [0.29, 0.717) is 27.5 Å². The van der Waals surface area contributed by atoms with Gasteiger partial charge in [-0.25, -0.2) is 18.4 Å². The number of nitrogens with one attached hydrogen (secondary N) is 1. The van der Waals surface area contributed by atoms with Crippen LogP contribution in [0, 0.1) is 11.6 Å². The van der Waals surface area contributed by atoms with Crippen molar-refractivity contribution in [3.8, 4) is 17.0 Å². The highest BCUT2D eigenvalue weighted by Gasteiger charge is 2.17. The van der Waals surface area contributed by atoms with Crippen LogP contribution in [0.2, 0.25) is 0 Å². The average Bonchev–Trinajstić information content (AvgIpc) is 3.22. The molecule has 0 spiro atoms. The number of amides is 1. The first-order valence-corrected chi connectivity index (χ1v) is 10.8. The second-order valence-electron chi connectivity index (χ2n) is 7.15. The molecule has 1 N–H and O–H groups in total. The van der Waals surface area contributed by atoms with Crippen molar-refractivity contribution in [2.45, 2.75) is 0 Å². The van der Waals surface area contributed by atoms with Crippen LogP contribution in [0.3, 0.4) is 0 Å². The van der Waals surface area contributed by atoms with Gasteiger partial charge < -0.3 is 10.1 Å². The van der Waals surface area contributed by atoms with Gasteiger partial charge in [-0.2, -0.15) is 5.10 Å². The lowest BCUT2D eigenvalue weighted by Gasteiger charge is -2.18. The molecule has 9 heteroatoms. The van der Waals surface area contributed by atoms with Crippen molar-refractivity contribution in [2.75, 3.05) is 11.9 Å². The van der Waals surface area contributed by atoms with Crippen LogP contribution in [0.15, 0.2) is 82.2 Å². The van der Waals surface area contributed by atoms with Gasteiger partial charge in [-0.3, -0.25) is 4.79 Å². The Morgan fingerprint density at radius 1 is 1.00 bits per heavy atom. The lowest BCUT2D eigenvalue weighted by molar-refractivity contribution is -0.118. The molecule has 3 aromatic carbocycles. The normalized spacial score (nSPS) is 13.6. The molecular weight excluding hydrogens is 446 g/mol. The first-order chi connectivity index (χ1) is 16.0. The molecule has 33 heavy (non-hydrogen) atoms. The number of hydrogen-bond donors (Lipinski definition) is 1. The third kappa shape index (κ3) is 4.58. The molecule has 0 bridgehead atoms. The molecule has 0 unspecified atom stereocenters. The molecule has 1 aliphatic rings. The first-order valence-electron chi connectivity index (χ1n) is 9.93. The molecule has 0 radical (unpaired) electrons. The molecule has 1 amide bonds. The minimum atomic E-state index is -0.346. The number of ether oxygens (including phenoxy) is 1. The van der Waals surface area contributed by atoms with Crippen LogP contribution < -0.4 is 14.9 Å². The van der Waals surface area contributed by atoms with Crippen molar-refractivity contribution < 1.29 is 18.3 Å². The van der Waals surface area contributed by atoms with Gasteiger partial charge in [0, 0.05) is 10.9 Å². The smallest absolute Gasteiger partial charge is 0.262 e. The predicted octanol–water partition coefficient (Wildman–Crippen LogP) is 4.94. The van der Waals surface area contributed by atoms with Crippen molar-refractivity contribution in [2.24, 2.45) is 10.1 Å². The Bertz CT molecular complexity index is 1420. The Morgan fingerprint density at radius 2 is 1.73 bits per heavy atom. The van der Waals surface area contributed by atoms with Gasteiger partial charge in [-0.05, 0) is 60.2 Å². The minimum absolute atomic E-state index is 0.0204. The van der Waals surface area contributed by atoms with E-state index in [4.69, 9.17) is 4.74 Å². The quantitative estimate of drug-likeness (QED) is 0.437. The van der Waals surface area contributed by atoms with Crippen molar-refractivity contribution in [1.29, 1.82) is 0 Å². The number of halogens is 2. The zero-order chi connectivity index (χ0) is 22.8. The van der Waals surface area contributed by atoms with Gasteiger partial charge in [-0.1, -0.05) is 12.1 Å². The van der Waals surface area contributed by atoms with E-state index in [1.54, 1.807) is 47.3 Å². The summed E-state index contributed by atoms with van der Waals surface area (Å²) in [6, 6.07) is 17.2. The van der Waals surface area contributed by atoms with E-state index in [1.165, 1.54) is 35.6 Å². The number of carbonyl (C=O) groups is 1.